The molecule has 1 amide bonds. The van der Waals surface area contributed by atoms with E-state index in [0.29, 0.717) is 18.5 Å². The molecule has 1 aromatic rings. The molecule has 1 unspecified atom stereocenters. The number of nitrogens with zero attached hydrogens (tertiary/aromatic N) is 1. The molecular formula is C15H20ClFN2O2. The lowest BCUT2D eigenvalue weighted by molar-refractivity contribution is 0.0235. The number of benzene rings is 1. The first-order valence-electron chi connectivity index (χ1n) is 6.89. The highest BCUT2D eigenvalue weighted by Crippen LogP contribution is 2.32. The van der Waals surface area contributed by atoms with Gasteiger partial charge in [0.1, 0.15) is 11.4 Å². The summed E-state index contributed by atoms with van der Waals surface area (Å²) < 4.78 is 19.0. The molecule has 0 bridgehead atoms. The van der Waals surface area contributed by atoms with Crippen molar-refractivity contribution in [1.29, 1.82) is 0 Å². The lowest BCUT2D eigenvalue weighted by Gasteiger charge is -2.26. The molecular weight excluding hydrogens is 295 g/mol. The van der Waals surface area contributed by atoms with E-state index in [-0.39, 0.29) is 17.6 Å². The lowest BCUT2D eigenvalue weighted by atomic mass is 10.00. The average Bonchev–Trinajstić information content (AvgIpc) is 2.52. The van der Waals surface area contributed by atoms with E-state index in [2.05, 4.69) is 0 Å². The molecule has 0 fully saturated rings. The van der Waals surface area contributed by atoms with Gasteiger partial charge in [-0.15, -0.1) is 0 Å². The van der Waals surface area contributed by atoms with Crippen LogP contribution in [0.2, 0.25) is 5.02 Å². The van der Waals surface area contributed by atoms with Gasteiger partial charge in [0.2, 0.25) is 0 Å². The Hall–Kier alpha value is -1.33. The first kappa shape index (κ1) is 16.0. The second kappa shape index (κ2) is 5.81. The SMILES string of the molecule is CC(C)(C)OC(=O)N1CCC(N)c2ccc(F)c(Cl)c2C1. The highest BCUT2D eigenvalue weighted by Gasteiger charge is 2.28. The van der Waals surface area contributed by atoms with Crippen molar-refractivity contribution in [3.8, 4) is 0 Å². The topological polar surface area (TPSA) is 55.6 Å². The molecule has 0 radical (unpaired) electrons. The van der Waals surface area contributed by atoms with Crippen molar-refractivity contribution >= 4 is 17.7 Å². The predicted molar refractivity (Wildman–Crippen MR) is 79.6 cm³/mol. The summed E-state index contributed by atoms with van der Waals surface area (Å²) in [5, 5.41) is 0.0263. The van der Waals surface area contributed by atoms with Crippen LogP contribution in [-0.4, -0.2) is 23.1 Å². The first-order chi connectivity index (χ1) is 9.69. The minimum atomic E-state index is -0.583. The quantitative estimate of drug-likeness (QED) is 0.795. The monoisotopic (exact) mass is 314 g/mol. The molecule has 21 heavy (non-hydrogen) atoms. The molecule has 0 spiro atoms. The van der Waals surface area contributed by atoms with Gasteiger partial charge in [-0.1, -0.05) is 17.7 Å². The number of hydrogen-bond donors (Lipinski definition) is 1. The van der Waals surface area contributed by atoms with E-state index in [0.717, 1.165) is 5.56 Å². The van der Waals surface area contributed by atoms with Gasteiger partial charge < -0.3 is 15.4 Å². The molecule has 116 valence electrons. The van der Waals surface area contributed by atoms with Crippen molar-refractivity contribution in [1.82, 2.24) is 4.90 Å². The molecule has 1 aliphatic rings. The van der Waals surface area contributed by atoms with Gasteiger partial charge in [0.15, 0.2) is 0 Å². The normalized spacial score (nSPS) is 19.0. The molecule has 1 aliphatic heterocycles. The average molecular weight is 315 g/mol. The highest BCUT2D eigenvalue weighted by atomic mass is 35.5. The van der Waals surface area contributed by atoms with E-state index in [1.807, 2.05) is 0 Å². The second-order valence-electron chi connectivity index (χ2n) is 6.23. The van der Waals surface area contributed by atoms with Gasteiger partial charge in [-0.2, -0.15) is 0 Å². The third-order valence-electron chi connectivity index (χ3n) is 3.34. The van der Waals surface area contributed by atoms with E-state index < -0.39 is 17.5 Å². The van der Waals surface area contributed by atoms with Crippen molar-refractivity contribution < 1.29 is 13.9 Å². The first-order valence-corrected chi connectivity index (χ1v) is 7.27. The van der Waals surface area contributed by atoms with Crippen LogP contribution in [0.25, 0.3) is 0 Å². The Morgan fingerprint density at radius 1 is 1.48 bits per heavy atom. The zero-order chi connectivity index (χ0) is 15.8. The number of rotatable bonds is 0. The fraction of sp³-hybridized carbons (Fsp3) is 0.533. The zero-order valence-corrected chi connectivity index (χ0v) is 13.2. The van der Waals surface area contributed by atoms with Crippen LogP contribution in [0.4, 0.5) is 9.18 Å². The summed E-state index contributed by atoms with van der Waals surface area (Å²) in [7, 11) is 0. The van der Waals surface area contributed by atoms with Crippen molar-refractivity contribution in [2.45, 2.75) is 45.4 Å². The lowest BCUT2D eigenvalue weighted by Crippen LogP contribution is -2.36. The smallest absolute Gasteiger partial charge is 0.410 e. The van der Waals surface area contributed by atoms with Crippen LogP contribution >= 0.6 is 11.6 Å². The second-order valence-corrected chi connectivity index (χ2v) is 6.60. The van der Waals surface area contributed by atoms with Crippen LogP contribution in [-0.2, 0) is 11.3 Å². The number of amides is 1. The molecule has 0 saturated carbocycles. The largest absolute Gasteiger partial charge is 0.444 e. The maximum atomic E-state index is 13.7. The molecule has 0 aromatic heterocycles. The number of carbonyl (C=O) groups is 1. The number of hydrogen-bond acceptors (Lipinski definition) is 3. The van der Waals surface area contributed by atoms with Crippen LogP contribution in [0.5, 0.6) is 0 Å². The van der Waals surface area contributed by atoms with Crippen LogP contribution in [0.1, 0.15) is 44.4 Å². The van der Waals surface area contributed by atoms with Gasteiger partial charge in [-0.3, -0.25) is 0 Å². The molecule has 0 saturated heterocycles. The van der Waals surface area contributed by atoms with E-state index in [1.54, 1.807) is 26.8 Å². The van der Waals surface area contributed by atoms with Gasteiger partial charge in [-0.05, 0) is 44.4 Å². The molecule has 2 rings (SSSR count). The molecule has 1 heterocycles. The molecule has 6 heteroatoms. The van der Waals surface area contributed by atoms with Crippen molar-refractivity contribution in [3.05, 3.63) is 34.1 Å². The maximum Gasteiger partial charge on any atom is 0.410 e. The van der Waals surface area contributed by atoms with Gasteiger partial charge >= 0.3 is 6.09 Å². The minimum Gasteiger partial charge on any atom is -0.444 e. The summed E-state index contributed by atoms with van der Waals surface area (Å²) in [6.45, 7) is 6.05. The Morgan fingerprint density at radius 2 is 2.14 bits per heavy atom. The Balaban J connectivity index is 2.30. The molecule has 1 aromatic carbocycles. The van der Waals surface area contributed by atoms with Crippen LogP contribution < -0.4 is 5.73 Å². The Morgan fingerprint density at radius 3 is 2.76 bits per heavy atom. The van der Waals surface area contributed by atoms with Crippen LogP contribution in [0, 0.1) is 5.82 Å². The van der Waals surface area contributed by atoms with E-state index in [4.69, 9.17) is 22.1 Å². The highest BCUT2D eigenvalue weighted by molar-refractivity contribution is 6.31. The molecule has 4 nitrogen and oxygen atoms in total. The summed E-state index contributed by atoms with van der Waals surface area (Å²) >= 11 is 6.04. The maximum absolute atomic E-state index is 13.7. The number of nitrogens with two attached hydrogens (primary N) is 1. The Kier molecular flexibility index (Phi) is 4.44. The van der Waals surface area contributed by atoms with Crippen molar-refractivity contribution in [3.63, 3.8) is 0 Å². The van der Waals surface area contributed by atoms with Crippen LogP contribution in [0.3, 0.4) is 0 Å². The standard InChI is InChI=1S/C15H20ClFN2O2/c1-15(2,3)21-14(20)19-7-6-12(18)9-4-5-11(17)13(16)10(9)8-19/h4-5,12H,6-8,18H2,1-3H3. The van der Waals surface area contributed by atoms with Crippen molar-refractivity contribution in [2.24, 2.45) is 5.73 Å². The zero-order valence-electron chi connectivity index (χ0n) is 12.5. The number of fused-ring (bicyclic) bond motifs is 1. The molecule has 1 atom stereocenters. The Labute approximate surface area is 129 Å². The summed E-state index contributed by atoms with van der Waals surface area (Å²) in [6, 6.07) is 2.68. The number of carbonyl (C=O) groups excluding carboxylic acids is 1. The summed E-state index contributed by atoms with van der Waals surface area (Å²) in [5.41, 5.74) is 6.86. The Bertz CT molecular complexity index is 557. The fourth-order valence-corrected chi connectivity index (χ4v) is 2.55. The summed E-state index contributed by atoms with van der Waals surface area (Å²) in [6.07, 6.45) is 0.136. The van der Waals surface area contributed by atoms with Gasteiger partial charge in [0, 0.05) is 12.6 Å². The predicted octanol–water partition coefficient (Wildman–Crippen LogP) is 3.62. The van der Waals surface area contributed by atoms with Crippen molar-refractivity contribution in [2.75, 3.05) is 6.54 Å². The van der Waals surface area contributed by atoms with Crippen LogP contribution in [0.15, 0.2) is 12.1 Å². The molecule has 2 N–H and O–H groups in total. The van der Waals surface area contributed by atoms with E-state index in [9.17, 15) is 9.18 Å². The number of halogens is 2. The van der Waals surface area contributed by atoms with E-state index in [1.165, 1.54) is 11.0 Å². The third kappa shape index (κ3) is 3.66. The van der Waals surface area contributed by atoms with E-state index >= 15 is 0 Å². The third-order valence-corrected chi connectivity index (χ3v) is 3.75. The summed E-state index contributed by atoms with van der Waals surface area (Å²) in [4.78, 5) is 13.7. The number of ether oxygens (including phenoxy) is 1. The minimum absolute atomic E-state index is 0.0263. The van der Waals surface area contributed by atoms with Gasteiger partial charge in [0.05, 0.1) is 11.6 Å². The fourth-order valence-electron chi connectivity index (χ4n) is 2.32. The van der Waals surface area contributed by atoms with Gasteiger partial charge in [-0.25, -0.2) is 9.18 Å². The molecule has 0 aliphatic carbocycles. The van der Waals surface area contributed by atoms with Gasteiger partial charge in [0.25, 0.3) is 0 Å². The summed E-state index contributed by atoms with van der Waals surface area (Å²) in [5.74, 6) is -0.506.